The molecule has 1 aliphatic rings. The number of anilines is 2. The lowest BCUT2D eigenvalue weighted by Crippen LogP contribution is -2.02. The molecule has 0 spiro atoms. The van der Waals surface area contributed by atoms with E-state index in [0.717, 1.165) is 40.3 Å². The molecule has 3 aromatic heterocycles. The number of ether oxygens (including phenoxy) is 1. The Morgan fingerprint density at radius 1 is 1.12 bits per heavy atom. The predicted octanol–water partition coefficient (Wildman–Crippen LogP) is 4.85. The van der Waals surface area contributed by atoms with Gasteiger partial charge in [0.05, 0.1) is 34.3 Å². The number of aromatic nitrogens is 3. The molecule has 0 amide bonds. The second kappa shape index (κ2) is 6.18. The zero-order valence-corrected chi connectivity index (χ0v) is 14.9. The maximum absolute atomic E-state index is 5.41. The van der Waals surface area contributed by atoms with E-state index in [2.05, 4.69) is 44.5 Å². The number of rotatable bonds is 3. The highest BCUT2D eigenvalue weighted by molar-refractivity contribution is 7.19. The van der Waals surface area contributed by atoms with Gasteiger partial charge in [0, 0.05) is 10.6 Å². The maximum atomic E-state index is 5.41. The minimum absolute atomic E-state index is 0.689. The number of thiazole rings is 1. The smallest absolute Gasteiger partial charge is 0.142 e. The Bertz CT molecular complexity index is 1100. The number of thiophene rings is 1. The molecular formula is C18H14N4OS2. The number of hydrogen-bond donors (Lipinski definition) is 1. The van der Waals surface area contributed by atoms with Crippen LogP contribution in [0, 0.1) is 0 Å². The van der Waals surface area contributed by atoms with Crippen molar-refractivity contribution in [2.24, 2.45) is 0 Å². The second-order valence-corrected chi connectivity index (χ2v) is 7.68. The van der Waals surface area contributed by atoms with Gasteiger partial charge in [-0.2, -0.15) is 0 Å². The van der Waals surface area contributed by atoms with Gasteiger partial charge < -0.3 is 10.1 Å². The van der Waals surface area contributed by atoms with Gasteiger partial charge in [-0.3, -0.25) is 0 Å². The van der Waals surface area contributed by atoms with Gasteiger partial charge in [-0.15, -0.1) is 22.7 Å². The molecule has 25 heavy (non-hydrogen) atoms. The summed E-state index contributed by atoms with van der Waals surface area (Å²) in [5.74, 6) is 0.828. The van der Waals surface area contributed by atoms with Crippen LogP contribution in [0.25, 0.3) is 26.0 Å². The summed E-state index contributed by atoms with van der Waals surface area (Å²) in [5.41, 5.74) is 5.18. The van der Waals surface area contributed by atoms with Gasteiger partial charge in [0.2, 0.25) is 0 Å². The predicted molar refractivity (Wildman–Crippen MR) is 104 cm³/mol. The maximum Gasteiger partial charge on any atom is 0.142 e. The van der Waals surface area contributed by atoms with Crippen molar-refractivity contribution in [3.8, 4) is 0 Å². The molecule has 5 nitrogen and oxygen atoms in total. The highest BCUT2D eigenvalue weighted by Gasteiger charge is 2.14. The topological polar surface area (TPSA) is 59.9 Å². The van der Waals surface area contributed by atoms with Crippen molar-refractivity contribution in [3.63, 3.8) is 0 Å². The molecule has 5 rings (SSSR count). The zero-order chi connectivity index (χ0) is 16.6. The quantitative estimate of drug-likeness (QED) is 0.562. The van der Waals surface area contributed by atoms with Crippen LogP contribution in [0.4, 0.5) is 11.5 Å². The normalized spacial score (nSPS) is 14.8. The summed E-state index contributed by atoms with van der Waals surface area (Å²) >= 11 is 3.35. The van der Waals surface area contributed by atoms with E-state index in [-0.39, 0.29) is 0 Å². The number of nitrogens with zero attached hydrogens (tertiary/aromatic N) is 3. The summed E-state index contributed by atoms with van der Waals surface area (Å²) in [7, 11) is 0. The summed E-state index contributed by atoms with van der Waals surface area (Å²) < 4.78 is 6.59. The summed E-state index contributed by atoms with van der Waals surface area (Å²) in [6.45, 7) is 1.47. The number of fused-ring (bicyclic) bond motifs is 2. The third-order valence-corrected chi connectivity index (χ3v) is 6.13. The Hall–Kier alpha value is -2.35. The average molecular weight is 366 g/mol. The molecule has 0 aliphatic carbocycles. The van der Waals surface area contributed by atoms with Crippen molar-refractivity contribution in [2.75, 3.05) is 18.5 Å². The lowest BCUT2D eigenvalue weighted by Gasteiger charge is -2.11. The van der Waals surface area contributed by atoms with Crippen molar-refractivity contribution in [1.82, 2.24) is 15.0 Å². The Balaban J connectivity index is 1.54. The number of hydrogen-bond acceptors (Lipinski definition) is 7. The van der Waals surface area contributed by atoms with Crippen LogP contribution < -0.4 is 5.32 Å². The lowest BCUT2D eigenvalue weighted by molar-refractivity contribution is 0.161. The highest BCUT2D eigenvalue weighted by atomic mass is 32.1. The van der Waals surface area contributed by atoms with Gasteiger partial charge >= 0.3 is 0 Å². The minimum Gasteiger partial charge on any atom is -0.377 e. The first-order valence-corrected chi connectivity index (χ1v) is 9.68. The van der Waals surface area contributed by atoms with Crippen LogP contribution >= 0.6 is 22.7 Å². The van der Waals surface area contributed by atoms with Crippen LogP contribution in [-0.4, -0.2) is 28.2 Å². The summed E-state index contributed by atoms with van der Waals surface area (Å²) in [6, 6.07) is 8.37. The third-order valence-electron chi connectivity index (χ3n) is 4.20. The number of nitrogens with one attached hydrogen (secondary N) is 1. The third kappa shape index (κ3) is 2.80. The molecule has 1 aliphatic heterocycles. The van der Waals surface area contributed by atoms with E-state index in [1.165, 1.54) is 15.2 Å². The summed E-state index contributed by atoms with van der Waals surface area (Å²) in [6.07, 6.45) is 4.72. The first-order valence-electron chi connectivity index (χ1n) is 7.99. The molecule has 0 radical (unpaired) electrons. The van der Waals surface area contributed by atoms with Crippen LogP contribution in [0.3, 0.4) is 0 Å². The average Bonchev–Trinajstić information content (AvgIpc) is 3.29. The van der Waals surface area contributed by atoms with Gasteiger partial charge in [-0.1, -0.05) is 6.08 Å². The largest absolute Gasteiger partial charge is 0.377 e. The van der Waals surface area contributed by atoms with Crippen molar-refractivity contribution >= 4 is 60.2 Å². The van der Waals surface area contributed by atoms with Gasteiger partial charge in [-0.05, 0) is 36.3 Å². The van der Waals surface area contributed by atoms with Gasteiger partial charge in [0.1, 0.15) is 17.0 Å². The molecule has 0 unspecified atom stereocenters. The Morgan fingerprint density at radius 3 is 3.04 bits per heavy atom. The standard InChI is InChI=1S/C18H14N4OS2/c1-2-15-14(21-10-24-15)7-12(1)22-17-13-8-16(11-3-5-23-6-4-11)25-18(13)20-9-19-17/h1-3,7-10H,4-6H2,(H,19,20,22). The van der Waals surface area contributed by atoms with Crippen LogP contribution in [0.2, 0.25) is 0 Å². The van der Waals surface area contributed by atoms with E-state index in [4.69, 9.17) is 4.74 Å². The monoisotopic (exact) mass is 366 g/mol. The Labute approximate surface area is 152 Å². The number of benzene rings is 1. The Morgan fingerprint density at radius 2 is 2.12 bits per heavy atom. The fraction of sp³-hybridized carbons (Fsp3) is 0.167. The van der Waals surface area contributed by atoms with E-state index in [9.17, 15) is 0 Å². The fourth-order valence-corrected chi connectivity index (χ4v) is 4.66. The molecule has 4 heterocycles. The van der Waals surface area contributed by atoms with E-state index >= 15 is 0 Å². The molecule has 0 bridgehead atoms. The van der Waals surface area contributed by atoms with Gasteiger partial charge in [0.15, 0.2) is 0 Å². The minimum atomic E-state index is 0.689. The summed E-state index contributed by atoms with van der Waals surface area (Å²) in [4.78, 5) is 15.5. The molecular weight excluding hydrogens is 352 g/mol. The van der Waals surface area contributed by atoms with Crippen LogP contribution in [-0.2, 0) is 4.74 Å². The highest BCUT2D eigenvalue weighted by Crippen LogP contribution is 2.35. The molecule has 1 aromatic carbocycles. The van der Waals surface area contributed by atoms with Crippen LogP contribution in [0.1, 0.15) is 11.3 Å². The Kier molecular flexibility index (Phi) is 3.70. The summed E-state index contributed by atoms with van der Waals surface area (Å²) in [5, 5.41) is 4.47. The van der Waals surface area contributed by atoms with Gasteiger partial charge in [0.25, 0.3) is 0 Å². The first kappa shape index (κ1) is 14.9. The van der Waals surface area contributed by atoms with E-state index in [1.807, 2.05) is 11.6 Å². The SMILES string of the molecule is C1=C(c2cc3c(Nc4ccc5scnc5c4)ncnc3s2)CCOC1. The molecule has 0 saturated heterocycles. The lowest BCUT2D eigenvalue weighted by atomic mass is 10.1. The van der Waals surface area contributed by atoms with Crippen molar-refractivity contribution < 1.29 is 4.74 Å². The molecule has 7 heteroatoms. The van der Waals surface area contributed by atoms with Crippen LogP contribution in [0.5, 0.6) is 0 Å². The van der Waals surface area contributed by atoms with E-state index < -0.39 is 0 Å². The van der Waals surface area contributed by atoms with E-state index in [0.29, 0.717) is 6.61 Å². The van der Waals surface area contributed by atoms with Gasteiger partial charge in [-0.25, -0.2) is 15.0 Å². The molecule has 1 N–H and O–H groups in total. The zero-order valence-electron chi connectivity index (χ0n) is 13.2. The van der Waals surface area contributed by atoms with Crippen molar-refractivity contribution in [2.45, 2.75) is 6.42 Å². The van der Waals surface area contributed by atoms with Crippen molar-refractivity contribution in [3.05, 3.63) is 47.1 Å². The second-order valence-electron chi connectivity index (χ2n) is 5.77. The molecule has 4 aromatic rings. The van der Waals surface area contributed by atoms with E-state index in [1.54, 1.807) is 29.0 Å². The fourth-order valence-electron chi connectivity index (χ4n) is 2.94. The first-order chi connectivity index (χ1) is 12.4. The molecule has 0 fully saturated rings. The molecule has 0 atom stereocenters. The van der Waals surface area contributed by atoms with Crippen LogP contribution in [0.15, 0.2) is 42.2 Å². The van der Waals surface area contributed by atoms with Crippen molar-refractivity contribution in [1.29, 1.82) is 0 Å². The molecule has 124 valence electrons. The molecule has 0 saturated carbocycles.